The van der Waals surface area contributed by atoms with E-state index in [0.29, 0.717) is 30.8 Å². The lowest BCUT2D eigenvalue weighted by molar-refractivity contribution is -0.00961. The van der Waals surface area contributed by atoms with Gasteiger partial charge in [-0.3, -0.25) is 0 Å². The van der Waals surface area contributed by atoms with Crippen LogP contribution in [-0.2, 0) is 15.6 Å². The minimum atomic E-state index is -3.50. The van der Waals surface area contributed by atoms with E-state index in [4.69, 9.17) is 0 Å². The minimum absolute atomic E-state index is 0.314. The lowest BCUT2D eigenvalue weighted by Gasteiger charge is -2.38. The van der Waals surface area contributed by atoms with Crippen LogP contribution in [-0.4, -0.2) is 30.9 Å². The van der Waals surface area contributed by atoms with Crippen LogP contribution in [0.15, 0.2) is 53.4 Å². The van der Waals surface area contributed by atoms with Gasteiger partial charge in [-0.05, 0) is 44.4 Å². The number of piperidine rings is 1. The molecule has 1 N–H and O–H groups in total. The van der Waals surface area contributed by atoms with E-state index in [1.807, 2.05) is 38.1 Å². The number of nitrogens with zero attached hydrogens (tertiary/aromatic N) is 1. The molecule has 0 unspecified atom stereocenters. The first kappa shape index (κ1) is 17.1. The molecule has 128 valence electrons. The average molecular weight is 345 g/mol. The molecule has 1 fully saturated rings. The van der Waals surface area contributed by atoms with Crippen molar-refractivity contribution in [2.24, 2.45) is 0 Å². The monoisotopic (exact) mass is 345 g/mol. The Morgan fingerprint density at radius 2 is 1.33 bits per heavy atom. The summed E-state index contributed by atoms with van der Waals surface area (Å²) in [6, 6.07) is 14.7. The number of hydrogen-bond acceptors (Lipinski definition) is 3. The summed E-state index contributed by atoms with van der Waals surface area (Å²) >= 11 is 0. The van der Waals surface area contributed by atoms with Gasteiger partial charge in [0, 0.05) is 13.1 Å². The van der Waals surface area contributed by atoms with Crippen LogP contribution in [0.25, 0.3) is 0 Å². The van der Waals surface area contributed by atoms with Crippen molar-refractivity contribution in [3.05, 3.63) is 65.2 Å². The van der Waals surface area contributed by atoms with Gasteiger partial charge in [0.25, 0.3) is 0 Å². The normalized spacial score (nSPS) is 18.5. The third-order valence-corrected chi connectivity index (χ3v) is 6.71. The summed E-state index contributed by atoms with van der Waals surface area (Å²) in [5, 5.41) is 10.9. The van der Waals surface area contributed by atoms with Crippen LogP contribution in [0.2, 0.25) is 0 Å². The molecule has 1 aliphatic heterocycles. The number of hydrogen-bond donors (Lipinski definition) is 1. The Labute approximate surface area is 143 Å². The molecule has 0 aliphatic carbocycles. The molecular weight excluding hydrogens is 322 g/mol. The Morgan fingerprint density at radius 1 is 0.875 bits per heavy atom. The summed E-state index contributed by atoms with van der Waals surface area (Å²) in [6.07, 6.45) is 0.808. The van der Waals surface area contributed by atoms with Gasteiger partial charge in [0.1, 0.15) is 0 Å². The third-order valence-electron chi connectivity index (χ3n) is 4.80. The van der Waals surface area contributed by atoms with Crippen molar-refractivity contribution in [1.82, 2.24) is 4.31 Å². The van der Waals surface area contributed by atoms with Crippen LogP contribution in [0.1, 0.15) is 29.5 Å². The van der Waals surface area contributed by atoms with Crippen LogP contribution in [0.3, 0.4) is 0 Å². The van der Waals surface area contributed by atoms with Crippen LogP contribution in [0.4, 0.5) is 0 Å². The summed E-state index contributed by atoms with van der Waals surface area (Å²) in [7, 11) is -3.50. The second kappa shape index (κ2) is 6.31. The number of sulfonamides is 1. The van der Waals surface area contributed by atoms with Gasteiger partial charge in [-0.15, -0.1) is 0 Å². The highest BCUT2D eigenvalue weighted by atomic mass is 32.2. The summed E-state index contributed by atoms with van der Waals surface area (Å²) in [6.45, 7) is 4.57. The maximum absolute atomic E-state index is 12.7. The Hall–Kier alpha value is -1.69. The molecule has 3 rings (SSSR count). The zero-order valence-electron chi connectivity index (χ0n) is 14.1. The summed E-state index contributed by atoms with van der Waals surface area (Å²) in [5.74, 6) is 0. The van der Waals surface area contributed by atoms with Crippen LogP contribution < -0.4 is 0 Å². The van der Waals surface area contributed by atoms with E-state index in [9.17, 15) is 13.5 Å². The van der Waals surface area contributed by atoms with E-state index in [0.717, 1.165) is 16.7 Å². The highest BCUT2D eigenvalue weighted by molar-refractivity contribution is 7.89. The van der Waals surface area contributed by atoms with Crippen molar-refractivity contribution in [3.8, 4) is 0 Å². The van der Waals surface area contributed by atoms with Gasteiger partial charge in [0.05, 0.1) is 10.5 Å². The van der Waals surface area contributed by atoms with Crippen molar-refractivity contribution in [1.29, 1.82) is 0 Å². The first-order valence-electron chi connectivity index (χ1n) is 8.18. The predicted molar refractivity (Wildman–Crippen MR) is 94.2 cm³/mol. The number of aryl methyl sites for hydroxylation is 2. The molecule has 1 aliphatic rings. The maximum Gasteiger partial charge on any atom is 0.243 e. The lowest BCUT2D eigenvalue weighted by Crippen LogP contribution is -2.45. The summed E-state index contributed by atoms with van der Waals surface area (Å²) in [4.78, 5) is 0.314. The Morgan fingerprint density at radius 3 is 1.83 bits per heavy atom. The molecule has 0 amide bonds. The third kappa shape index (κ3) is 3.24. The van der Waals surface area contributed by atoms with E-state index in [1.54, 1.807) is 24.3 Å². The van der Waals surface area contributed by atoms with Crippen LogP contribution >= 0.6 is 0 Å². The Bertz CT molecular complexity index is 803. The first-order chi connectivity index (χ1) is 11.3. The molecule has 5 heteroatoms. The van der Waals surface area contributed by atoms with Crippen LogP contribution in [0, 0.1) is 13.8 Å². The zero-order chi connectivity index (χ0) is 17.4. The highest BCUT2D eigenvalue weighted by Gasteiger charge is 2.38. The smallest absolute Gasteiger partial charge is 0.243 e. The fourth-order valence-corrected chi connectivity index (χ4v) is 4.55. The topological polar surface area (TPSA) is 57.6 Å². The van der Waals surface area contributed by atoms with Crippen LogP contribution in [0.5, 0.6) is 0 Å². The van der Waals surface area contributed by atoms with Crippen molar-refractivity contribution in [2.45, 2.75) is 37.2 Å². The molecule has 2 aromatic rings. The number of benzene rings is 2. The highest BCUT2D eigenvalue weighted by Crippen LogP contribution is 2.34. The van der Waals surface area contributed by atoms with E-state index in [2.05, 4.69) is 0 Å². The predicted octanol–water partition coefficient (Wildman–Crippen LogP) is 2.98. The average Bonchev–Trinajstić information content (AvgIpc) is 2.56. The fourth-order valence-electron chi connectivity index (χ4n) is 3.11. The van der Waals surface area contributed by atoms with E-state index in [1.165, 1.54) is 4.31 Å². The van der Waals surface area contributed by atoms with E-state index >= 15 is 0 Å². The van der Waals surface area contributed by atoms with Gasteiger partial charge in [-0.1, -0.05) is 47.5 Å². The molecule has 0 radical (unpaired) electrons. The second-order valence-corrected chi connectivity index (χ2v) is 8.55. The summed E-state index contributed by atoms with van der Waals surface area (Å²) in [5.41, 5.74) is 2.08. The molecule has 0 bridgehead atoms. The minimum Gasteiger partial charge on any atom is -0.385 e. The standard InChI is InChI=1S/C19H23NO3S/c1-15-3-7-17(8-4-15)19(21)11-13-20(14-12-19)24(22,23)18-9-5-16(2)6-10-18/h3-10,21H,11-14H2,1-2H3. The maximum atomic E-state index is 12.7. The van der Waals surface area contributed by atoms with Gasteiger partial charge in [0.2, 0.25) is 10.0 Å². The SMILES string of the molecule is Cc1ccc(C2(O)CCN(S(=O)(=O)c3ccc(C)cc3)CC2)cc1. The van der Waals surface area contributed by atoms with Crippen molar-refractivity contribution in [2.75, 3.05) is 13.1 Å². The Balaban J connectivity index is 1.76. The first-order valence-corrected chi connectivity index (χ1v) is 9.62. The number of rotatable bonds is 3. The van der Waals surface area contributed by atoms with Crippen molar-refractivity contribution < 1.29 is 13.5 Å². The van der Waals surface area contributed by atoms with Gasteiger partial charge < -0.3 is 5.11 Å². The molecule has 24 heavy (non-hydrogen) atoms. The van der Waals surface area contributed by atoms with Crippen molar-refractivity contribution >= 4 is 10.0 Å². The second-order valence-electron chi connectivity index (χ2n) is 6.61. The van der Waals surface area contributed by atoms with Gasteiger partial charge in [-0.2, -0.15) is 4.31 Å². The fraction of sp³-hybridized carbons (Fsp3) is 0.368. The molecule has 1 heterocycles. The van der Waals surface area contributed by atoms with E-state index < -0.39 is 15.6 Å². The molecule has 2 aromatic carbocycles. The molecule has 0 atom stereocenters. The van der Waals surface area contributed by atoms with Gasteiger partial charge in [-0.25, -0.2) is 8.42 Å². The number of aliphatic hydroxyl groups is 1. The molecule has 4 nitrogen and oxygen atoms in total. The Kier molecular flexibility index (Phi) is 4.51. The largest absolute Gasteiger partial charge is 0.385 e. The molecule has 1 saturated heterocycles. The van der Waals surface area contributed by atoms with Crippen molar-refractivity contribution in [3.63, 3.8) is 0 Å². The molecule has 0 saturated carbocycles. The molecule has 0 spiro atoms. The van der Waals surface area contributed by atoms with Gasteiger partial charge in [0.15, 0.2) is 0 Å². The quantitative estimate of drug-likeness (QED) is 0.930. The summed E-state index contributed by atoms with van der Waals surface area (Å²) < 4.78 is 26.9. The van der Waals surface area contributed by atoms with E-state index in [-0.39, 0.29) is 0 Å². The lowest BCUT2D eigenvalue weighted by atomic mass is 9.85. The van der Waals surface area contributed by atoms with Gasteiger partial charge >= 0.3 is 0 Å². The molecule has 0 aromatic heterocycles. The molecular formula is C19H23NO3S. The zero-order valence-corrected chi connectivity index (χ0v) is 14.9.